The molecule has 1 N–H and O–H groups in total. The molecule has 176 valence electrons. The molecule has 2 aromatic rings. The summed E-state index contributed by atoms with van der Waals surface area (Å²) in [5.74, 6) is 0.238. The minimum absolute atomic E-state index is 0.238. The standard InChI is InChI=1S/C28H37N3O2/c1-27(12-16-29(17-13-27)19-23-7-3-2-4-8-23)26(32)31-18-14-28(33,22-31)21-30-15-11-24-9-5-6-10-25(24)20-30/h2-10,33H,11-22H2,1H3. The molecule has 3 aliphatic rings. The molecule has 0 radical (unpaired) electrons. The molecule has 3 heterocycles. The zero-order chi connectivity index (χ0) is 22.9. The molecule has 5 rings (SSSR count). The highest BCUT2D eigenvalue weighted by atomic mass is 16.3. The van der Waals surface area contributed by atoms with Crippen LogP contribution in [0.2, 0.25) is 0 Å². The summed E-state index contributed by atoms with van der Waals surface area (Å²) in [5, 5.41) is 11.4. The molecule has 2 fully saturated rings. The van der Waals surface area contributed by atoms with Gasteiger partial charge in [-0.1, -0.05) is 61.5 Å². The van der Waals surface area contributed by atoms with Crippen LogP contribution in [0.25, 0.3) is 0 Å². The van der Waals surface area contributed by atoms with Gasteiger partial charge in [0.2, 0.25) is 5.91 Å². The third-order valence-electron chi connectivity index (χ3n) is 8.07. The number of piperidine rings is 1. The van der Waals surface area contributed by atoms with E-state index in [9.17, 15) is 9.90 Å². The highest BCUT2D eigenvalue weighted by Gasteiger charge is 2.45. The van der Waals surface area contributed by atoms with Crippen LogP contribution in [0.5, 0.6) is 0 Å². The number of carbonyl (C=O) groups is 1. The Morgan fingerprint density at radius 1 is 0.879 bits per heavy atom. The second-order valence-electron chi connectivity index (χ2n) is 10.8. The Balaban J connectivity index is 1.14. The van der Waals surface area contributed by atoms with Gasteiger partial charge in [-0.2, -0.15) is 0 Å². The van der Waals surface area contributed by atoms with E-state index in [0.29, 0.717) is 26.1 Å². The molecule has 1 unspecified atom stereocenters. The Kier molecular flexibility index (Phi) is 6.30. The molecule has 33 heavy (non-hydrogen) atoms. The van der Waals surface area contributed by atoms with Gasteiger partial charge < -0.3 is 10.0 Å². The lowest BCUT2D eigenvalue weighted by Crippen LogP contribution is -2.51. The van der Waals surface area contributed by atoms with Crippen LogP contribution in [0, 0.1) is 5.41 Å². The van der Waals surface area contributed by atoms with E-state index in [1.54, 1.807) is 0 Å². The highest BCUT2D eigenvalue weighted by molar-refractivity contribution is 5.83. The number of carbonyl (C=O) groups excluding carboxylic acids is 1. The van der Waals surface area contributed by atoms with Crippen molar-refractivity contribution in [3.63, 3.8) is 0 Å². The lowest BCUT2D eigenvalue weighted by atomic mass is 9.79. The van der Waals surface area contributed by atoms with Crippen LogP contribution in [0.15, 0.2) is 54.6 Å². The lowest BCUT2D eigenvalue weighted by Gasteiger charge is -2.40. The number of hydrogen-bond donors (Lipinski definition) is 1. The summed E-state index contributed by atoms with van der Waals surface area (Å²) in [7, 11) is 0. The molecule has 0 aromatic heterocycles. The molecular weight excluding hydrogens is 410 g/mol. The average Bonchev–Trinajstić information content (AvgIpc) is 3.22. The van der Waals surface area contributed by atoms with Crippen LogP contribution < -0.4 is 0 Å². The predicted molar refractivity (Wildman–Crippen MR) is 131 cm³/mol. The van der Waals surface area contributed by atoms with Crippen LogP contribution >= 0.6 is 0 Å². The number of β-amino-alcohol motifs (C(OH)–C–C–N with tert-alkyl or cyclic N) is 1. The lowest BCUT2D eigenvalue weighted by molar-refractivity contribution is -0.144. The Labute approximate surface area is 198 Å². The first kappa shape index (κ1) is 22.6. The summed E-state index contributed by atoms with van der Waals surface area (Å²) in [6.45, 7) is 8.62. The van der Waals surface area contributed by atoms with Crippen molar-refractivity contribution in [2.24, 2.45) is 5.41 Å². The van der Waals surface area contributed by atoms with Gasteiger partial charge in [0.25, 0.3) is 0 Å². The number of fused-ring (bicyclic) bond motifs is 1. The Morgan fingerprint density at radius 3 is 2.33 bits per heavy atom. The molecule has 5 heteroatoms. The quantitative estimate of drug-likeness (QED) is 0.764. The second-order valence-corrected chi connectivity index (χ2v) is 10.8. The molecule has 1 amide bonds. The van der Waals surface area contributed by atoms with E-state index in [-0.39, 0.29) is 11.3 Å². The normalized spacial score (nSPS) is 25.7. The maximum atomic E-state index is 13.5. The molecule has 3 aliphatic heterocycles. The summed E-state index contributed by atoms with van der Waals surface area (Å²) >= 11 is 0. The predicted octanol–water partition coefficient (Wildman–Crippen LogP) is 3.31. The van der Waals surface area contributed by atoms with Gasteiger partial charge in [-0.25, -0.2) is 0 Å². The molecule has 2 saturated heterocycles. The molecular formula is C28H37N3O2. The molecule has 0 bridgehead atoms. The monoisotopic (exact) mass is 447 g/mol. The minimum atomic E-state index is -0.799. The minimum Gasteiger partial charge on any atom is -0.387 e. The van der Waals surface area contributed by atoms with E-state index in [1.807, 2.05) is 4.90 Å². The molecule has 5 nitrogen and oxygen atoms in total. The third-order valence-corrected chi connectivity index (χ3v) is 8.07. The largest absolute Gasteiger partial charge is 0.387 e. The maximum Gasteiger partial charge on any atom is 0.228 e. The van der Waals surface area contributed by atoms with Crippen molar-refractivity contribution >= 4 is 5.91 Å². The third kappa shape index (κ3) is 5.01. The van der Waals surface area contributed by atoms with Crippen LogP contribution in [0.3, 0.4) is 0 Å². The van der Waals surface area contributed by atoms with Crippen LogP contribution in [0.1, 0.15) is 42.9 Å². The number of likely N-dealkylation sites (tertiary alicyclic amines) is 2. The van der Waals surface area contributed by atoms with Crippen molar-refractivity contribution in [1.82, 2.24) is 14.7 Å². The van der Waals surface area contributed by atoms with Gasteiger partial charge in [-0.05, 0) is 55.5 Å². The van der Waals surface area contributed by atoms with Crippen molar-refractivity contribution in [2.75, 3.05) is 39.3 Å². The maximum absolute atomic E-state index is 13.5. The van der Waals surface area contributed by atoms with Crippen LogP contribution in [0.4, 0.5) is 0 Å². The van der Waals surface area contributed by atoms with Gasteiger partial charge in [-0.15, -0.1) is 0 Å². The first-order valence-corrected chi connectivity index (χ1v) is 12.5. The molecule has 2 aromatic carbocycles. The van der Waals surface area contributed by atoms with Gasteiger partial charge in [0, 0.05) is 38.1 Å². The van der Waals surface area contributed by atoms with E-state index in [1.165, 1.54) is 16.7 Å². The van der Waals surface area contributed by atoms with Crippen molar-refractivity contribution in [3.8, 4) is 0 Å². The number of aliphatic hydroxyl groups is 1. The van der Waals surface area contributed by atoms with Gasteiger partial charge in [0.1, 0.15) is 0 Å². The first-order chi connectivity index (χ1) is 15.9. The number of rotatable bonds is 5. The van der Waals surface area contributed by atoms with Gasteiger partial charge >= 0.3 is 0 Å². The first-order valence-electron chi connectivity index (χ1n) is 12.5. The van der Waals surface area contributed by atoms with Gasteiger partial charge in [0.15, 0.2) is 0 Å². The molecule has 0 aliphatic carbocycles. The highest BCUT2D eigenvalue weighted by Crippen LogP contribution is 2.36. The Bertz CT molecular complexity index is 970. The van der Waals surface area contributed by atoms with E-state index in [0.717, 1.165) is 52.0 Å². The fraction of sp³-hybridized carbons (Fsp3) is 0.536. The van der Waals surface area contributed by atoms with E-state index in [4.69, 9.17) is 0 Å². The number of nitrogens with zero attached hydrogens (tertiary/aromatic N) is 3. The zero-order valence-corrected chi connectivity index (χ0v) is 19.9. The van der Waals surface area contributed by atoms with Crippen LogP contribution in [-0.4, -0.2) is 70.6 Å². The summed E-state index contributed by atoms with van der Waals surface area (Å²) in [5.41, 5.74) is 3.01. The van der Waals surface area contributed by atoms with Gasteiger partial charge in [-0.3, -0.25) is 14.6 Å². The number of amides is 1. The van der Waals surface area contributed by atoms with Crippen molar-refractivity contribution in [1.29, 1.82) is 0 Å². The van der Waals surface area contributed by atoms with Gasteiger partial charge in [0.05, 0.1) is 12.1 Å². The van der Waals surface area contributed by atoms with E-state index >= 15 is 0 Å². The number of hydrogen-bond acceptors (Lipinski definition) is 4. The fourth-order valence-corrected chi connectivity index (χ4v) is 5.91. The zero-order valence-electron chi connectivity index (χ0n) is 19.9. The average molecular weight is 448 g/mol. The Hall–Kier alpha value is -2.21. The van der Waals surface area contributed by atoms with Crippen LogP contribution in [-0.2, 0) is 24.3 Å². The van der Waals surface area contributed by atoms with Crippen molar-refractivity contribution < 1.29 is 9.90 Å². The summed E-state index contributed by atoms with van der Waals surface area (Å²) in [4.78, 5) is 20.3. The summed E-state index contributed by atoms with van der Waals surface area (Å²) < 4.78 is 0. The second kappa shape index (κ2) is 9.21. The summed E-state index contributed by atoms with van der Waals surface area (Å²) in [6.07, 6.45) is 3.48. The Morgan fingerprint density at radius 2 is 1.58 bits per heavy atom. The SMILES string of the molecule is CC1(C(=O)N2CCC(O)(CN3CCc4ccccc4C3)C2)CCN(Cc2ccccc2)CC1. The smallest absolute Gasteiger partial charge is 0.228 e. The van der Waals surface area contributed by atoms with E-state index < -0.39 is 5.60 Å². The topological polar surface area (TPSA) is 47.0 Å². The molecule has 0 saturated carbocycles. The molecule has 1 atom stereocenters. The fourth-order valence-electron chi connectivity index (χ4n) is 5.91. The van der Waals surface area contributed by atoms with Crippen molar-refractivity contribution in [3.05, 3.63) is 71.3 Å². The molecule has 0 spiro atoms. The summed E-state index contributed by atoms with van der Waals surface area (Å²) in [6, 6.07) is 19.2. The van der Waals surface area contributed by atoms with Crippen molar-refractivity contribution in [2.45, 2.75) is 51.3 Å². The number of benzene rings is 2. The van der Waals surface area contributed by atoms with E-state index in [2.05, 4.69) is 71.3 Å².